The van der Waals surface area contributed by atoms with Gasteiger partial charge in [0.2, 0.25) is 5.91 Å². The van der Waals surface area contributed by atoms with Gasteiger partial charge in [0.25, 0.3) is 5.91 Å². The number of halogens is 4. The maximum atomic E-state index is 13.3. The number of rotatable bonds is 9. The van der Waals surface area contributed by atoms with Gasteiger partial charge in [-0.15, -0.1) is 22.0 Å². The molecule has 10 nitrogen and oxygen atoms in total. The van der Waals surface area contributed by atoms with E-state index in [0.717, 1.165) is 9.69 Å². The third kappa shape index (κ3) is 5.27. The third-order valence-corrected chi connectivity index (χ3v) is 9.93. The Kier molecular flexibility index (Phi) is 7.43. The van der Waals surface area contributed by atoms with Gasteiger partial charge >= 0.3 is 12.1 Å². The van der Waals surface area contributed by atoms with Gasteiger partial charge in [-0.3, -0.25) is 19.2 Å². The SMILES string of the molecule is Cc1nnc(SCC2=C(C(=O)O)N3C(=O)[C@H](NC(=O)CCn4nc(C(F)(F)F)c(Cl)c4C4CC4)[C@@H]3SC2)s1. The fourth-order valence-corrected chi connectivity index (χ4v) is 7.98. The Morgan fingerprint density at radius 2 is 2.03 bits per heavy atom. The molecule has 17 heteroatoms. The number of aryl methyl sites for hydroxylation is 2. The number of hydrogen-bond acceptors (Lipinski definition) is 9. The largest absolute Gasteiger partial charge is 0.477 e. The van der Waals surface area contributed by atoms with Crippen molar-refractivity contribution in [2.24, 2.45) is 0 Å². The van der Waals surface area contributed by atoms with Crippen LogP contribution in [0.2, 0.25) is 5.02 Å². The Labute approximate surface area is 231 Å². The Hall–Kier alpha value is -2.30. The van der Waals surface area contributed by atoms with Crippen LogP contribution in [0.25, 0.3) is 0 Å². The molecule has 0 aromatic carbocycles. The lowest BCUT2D eigenvalue weighted by Crippen LogP contribution is -2.70. The molecule has 1 saturated carbocycles. The summed E-state index contributed by atoms with van der Waals surface area (Å²) in [6.45, 7) is 1.68. The van der Waals surface area contributed by atoms with Crippen molar-refractivity contribution in [1.29, 1.82) is 0 Å². The van der Waals surface area contributed by atoms with Crippen LogP contribution in [0, 0.1) is 6.92 Å². The van der Waals surface area contributed by atoms with Crippen LogP contribution in [-0.4, -0.2) is 70.7 Å². The molecule has 1 saturated heterocycles. The van der Waals surface area contributed by atoms with Crippen molar-refractivity contribution in [1.82, 2.24) is 30.2 Å². The quantitative estimate of drug-likeness (QED) is 0.324. The summed E-state index contributed by atoms with van der Waals surface area (Å²) in [5.74, 6) is -1.79. The van der Waals surface area contributed by atoms with E-state index in [1.54, 1.807) is 0 Å². The molecule has 204 valence electrons. The second kappa shape index (κ2) is 10.4. The maximum Gasteiger partial charge on any atom is 0.436 e. The molecule has 2 atom stereocenters. The highest BCUT2D eigenvalue weighted by atomic mass is 35.5. The Bertz CT molecular complexity index is 1340. The number of carbonyl (C=O) groups excluding carboxylic acids is 2. The van der Waals surface area contributed by atoms with Crippen molar-refractivity contribution < 1.29 is 32.7 Å². The number of carboxylic acid groups (broad SMARTS) is 1. The summed E-state index contributed by atoms with van der Waals surface area (Å²) in [7, 11) is 0. The van der Waals surface area contributed by atoms with E-state index in [0.29, 0.717) is 34.3 Å². The molecule has 0 bridgehead atoms. The van der Waals surface area contributed by atoms with Crippen LogP contribution in [0.5, 0.6) is 0 Å². The number of amides is 2. The second-order valence-electron chi connectivity index (χ2n) is 8.88. The van der Waals surface area contributed by atoms with E-state index in [4.69, 9.17) is 11.6 Å². The predicted molar refractivity (Wildman–Crippen MR) is 134 cm³/mol. The Morgan fingerprint density at radius 3 is 2.63 bits per heavy atom. The van der Waals surface area contributed by atoms with Gasteiger partial charge in [0.15, 0.2) is 10.0 Å². The number of carbonyl (C=O) groups is 3. The smallest absolute Gasteiger partial charge is 0.436 e. The zero-order valence-electron chi connectivity index (χ0n) is 19.6. The number of fused-ring (bicyclic) bond motifs is 1. The summed E-state index contributed by atoms with van der Waals surface area (Å²) < 4.78 is 41.6. The molecule has 2 amide bonds. The minimum absolute atomic E-state index is 0.0991. The van der Waals surface area contributed by atoms with Crippen molar-refractivity contribution in [2.75, 3.05) is 11.5 Å². The second-order valence-corrected chi connectivity index (χ2v) is 12.8. The van der Waals surface area contributed by atoms with Crippen LogP contribution in [0.15, 0.2) is 15.6 Å². The summed E-state index contributed by atoms with van der Waals surface area (Å²) in [6.07, 6.45) is -3.54. The van der Waals surface area contributed by atoms with E-state index in [1.807, 2.05) is 6.92 Å². The molecular formula is C21H20ClF3N6O4S3. The molecule has 0 radical (unpaired) electrons. The normalized spacial score (nSPS) is 21.4. The third-order valence-electron chi connectivity index (χ3n) is 6.16. The fraction of sp³-hybridized carbons (Fsp3) is 0.524. The lowest BCUT2D eigenvalue weighted by atomic mass is 10.0. The molecule has 2 aromatic rings. The minimum atomic E-state index is -4.71. The highest BCUT2D eigenvalue weighted by Gasteiger charge is 2.54. The number of aromatic nitrogens is 4. The Balaban J connectivity index is 1.22. The molecule has 2 fully saturated rings. The summed E-state index contributed by atoms with van der Waals surface area (Å²) >= 11 is 10.0. The van der Waals surface area contributed by atoms with Crippen molar-refractivity contribution in [3.8, 4) is 0 Å². The molecule has 2 aliphatic heterocycles. The van der Waals surface area contributed by atoms with Crippen LogP contribution >= 0.6 is 46.5 Å². The number of β-lactam (4-membered cyclic amide) rings is 1. The van der Waals surface area contributed by atoms with E-state index < -0.39 is 46.1 Å². The fourth-order valence-electron chi connectivity index (χ4n) is 4.28. The zero-order valence-corrected chi connectivity index (χ0v) is 22.8. The van der Waals surface area contributed by atoms with Gasteiger partial charge in [-0.25, -0.2) is 4.79 Å². The van der Waals surface area contributed by atoms with Gasteiger partial charge in [-0.05, 0) is 25.3 Å². The van der Waals surface area contributed by atoms with Crippen molar-refractivity contribution in [2.45, 2.75) is 60.6 Å². The maximum absolute atomic E-state index is 13.3. The molecule has 1 aliphatic carbocycles. The summed E-state index contributed by atoms with van der Waals surface area (Å²) in [5, 5.41) is 23.7. The van der Waals surface area contributed by atoms with E-state index in [2.05, 4.69) is 20.6 Å². The molecule has 4 heterocycles. The van der Waals surface area contributed by atoms with Gasteiger partial charge in [0.05, 0.1) is 17.3 Å². The lowest BCUT2D eigenvalue weighted by molar-refractivity contribution is -0.150. The van der Waals surface area contributed by atoms with Gasteiger partial charge < -0.3 is 10.4 Å². The molecule has 2 N–H and O–H groups in total. The molecule has 0 unspecified atom stereocenters. The van der Waals surface area contributed by atoms with Crippen LogP contribution in [-0.2, 0) is 27.1 Å². The number of nitrogens with one attached hydrogen (secondary N) is 1. The standard InChI is InChI=1S/C21H20ClF3N6O4S3/c1-8-27-28-20(38-8)37-7-10-6-36-18-13(17(33)31(18)15(10)19(34)35)26-11(32)4-5-30-14(9-2-3-9)12(22)16(29-30)21(23,24)25/h9,13,18H,2-7H2,1H3,(H,26,32)(H,34,35)/t13-,18-/m0/s1. The number of carboxylic acids is 1. The van der Waals surface area contributed by atoms with E-state index in [-0.39, 0.29) is 30.3 Å². The number of nitrogens with zero attached hydrogens (tertiary/aromatic N) is 5. The first-order valence-corrected chi connectivity index (χ1v) is 14.6. The predicted octanol–water partition coefficient (Wildman–Crippen LogP) is 3.51. The zero-order chi connectivity index (χ0) is 27.4. The number of alkyl halides is 3. The first kappa shape index (κ1) is 27.3. The minimum Gasteiger partial charge on any atom is -0.477 e. The van der Waals surface area contributed by atoms with Gasteiger partial charge in [0, 0.05) is 23.8 Å². The average Bonchev–Trinajstić information content (AvgIpc) is 3.50. The summed E-state index contributed by atoms with van der Waals surface area (Å²) in [6, 6.07) is -0.934. The Morgan fingerprint density at radius 1 is 1.29 bits per heavy atom. The number of thioether (sulfide) groups is 2. The summed E-state index contributed by atoms with van der Waals surface area (Å²) in [5.41, 5.74) is -0.435. The van der Waals surface area contributed by atoms with Crippen molar-refractivity contribution in [3.05, 3.63) is 32.7 Å². The van der Waals surface area contributed by atoms with E-state index >= 15 is 0 Å². The molecule has 0 spiro atoms. The van der Waals surface area contributed by atoms with E-state index in [1.165, 1.54) is 39.8 Å². The van der Waals surface area contributed by atoms with Gasteiger partial charge in [-0.2, -0.15) is 18.3 Å². The number of hydrogen-bond donors (Lipinski definition) is 2. The van der Waals surface area contributed by atoms with Crippen molar-refractivity contribution >= 4 is 64.2 Å². The topological polar surface area (TPSA) is 130 Å². The first-order valence-electron chi connectivity index (χ1n) is 11.4. The van der Waals surface area contributed by atoms with Crippen LogP contribution in [0.1, 0.15) is 41.6 Å². The van der Waals surface area contributed by atoms with E-state index in [9.17, 15) is 32.7 Å². The molecule has 38 heavy (non-hydrogen) atoms. The van der Waals surface area contributed by atoms with Crippen LogP contribution in [0.4, 0.5) is 13.2 Å². The van der Waals surface area contributed by atoms with Gasteiger partial charge in [0.1, 0.15) is 22.1 Å². The highest BCUT2D eigenvalue weighted by molar-refractivity contribution is 8.01. The monoisotopic (exact) mass is 608 g/mol. The van der Waals surface area contributed by atoms with Gasteiger partial charge in [-0.1, -0.05) is 34.7 Å². The number of aliphatic carboxylic acids is 1. The van der Waals surface area contributed by atoms with Crippen molar-refractivity contribution in [3.63, 3.8) is 0 Å². The van der Waals surface area contributed by atoms with Crippen LogP contribution in [0.3, 0.4) is 0 Å². The molecular weight excluding hydrogens is 589 g/mol. The lowest BCUT2D eigenvalue weighted by Gasteiger charge is -2.49. The summed E-state index contributed by atoms with van der Waals surface area (Å²) in [4.78, 5) is 38.7. The first-order chi connectivity index (χ1) is 18.0. The molecule has 2 aromatic heterocycles. The highest BCUT2D eigenvalue weighted by Crippen LogP contribution is 2.47. The average molecular weight is 609 g/mol. The molecule has 3 aliphatic rings. The van der Waals surface area contributed by atoms with Crippen LogP contribution < -0.4 is 5.32 Å². The molecule has 5 rings (SSSR count).